The highest BCUT2D eigenvalue weighted by Crippen LogP contribution is 2.36. The summed E-state index contributed by atoms with van der Waals surface area (Å²) in [4.78, 5) is 0. The maximum Gasteiger partial charge on any atom is 0.133 e. The first-order valence-electron chi connectivity index (χ1n) is 4.89. The number of thiocyanates is 1. The number of benzene rings is 1. The van der Waals surface area contributed by atoms with Gasteiger partial charge in [0.1, 0.15) is 16.9 Å². The Morgan fingerprint density at radius 3 is 2.75 bits per heavy atom. The van der Waals surface area contributed by atoms with Crippen molar-refractivity contribution in [2.24, 2.45) is 0 Å². The van der Waals surface area contributed by atoms with E-state index in [4.69, 9.17) is 10.00 Å². The molecule has 3 nitrogen and oxygen atoms in total. The highest BCUT2D eigenvalue weighted by molar-refractivity contribution is 8.03. The minimum atomic E-state index is -0.218. The fourth-order valence-corrected chi connectivity index (χ4v) is 2.10. The van der Waals surface area contributed by atoms with Crippen molar-refractivity contribution in [1.29, 1.82) is 5.26 Å². The van der Waals surface area contributed by atoms with Crippen LogP contribution in [0.3, 0.4) is 0 Å². The molecule has 0 aliphatic rings. The van der Waals surface area contributed by atoms with Gasteiger partial charge in [0.05, 0.1) is 7.11 Å². The Hall–Kier alpha value is -1.34. The van der Waals surface area contributed by atoms with Gasteiger partial charge in [0, 0.05) is 16.7 Å². The van der Waals surface area contributed by atoms with Gasteiger partial charge in [0.15, 0.2) is 0 Å². The van der Waals surface area contributed by atoms with Crippen molar-refractivity contribution >= 4 is 11.8 Å². The molecule has 1 aromatic rings. The number of phenols is 1. The largest absolute Gasteiger partial charge is 0.508 e. The van der Waals surface area contributed by atoms with E-state index in [1.54, 1.807) is 25.3 Å². The summed E-state index contributed by atoms with van der Waals surface area (Å²) in [5.74, 6) is 1.61. The number of thioether (sulfide) groups is 1. The summed E-state index contributed by atoms with van der Waals surface area (Å²) >= 11 is 1.20. The summed E-state index contributed by atoms with van der Waals surface area (Å²) in [6.07, 6.45) is 0. The van der Waals surface area contributed by atoms with E-state index >= 15 is 0 Å². The third-order valence-electron chi connectivity index (χ3n) is 2.41. The Morgan fingerprint density at radius 2 is 2.19 bits per heavy atom. The number of nitriles is 1. The first-order valence-corrected chi connectivity index (χ1v) is 5.88. The predicted octanol–water partition coefficient (Wildman–Crippen LogP) is 2.89. The van der Waals surface area contributed by atoms with Crippen LogP contribution in [0.25, 0.3) is 0 Å². The molecule has 0 aromatic heterocycles. The Bertz CT molecular complexity index is 410. The van der Waals surface area contributed by atoms with E-state index in [1.165, 1.54) is 11.8 Å². The molecule has 4 heteroatoms. The number of nitrogens with zero attached hydrogens (tertiary/aromatic N) is 1. The lowest BCUT2D eigenvalue weighted by atomic mass is 9.86. The molecule has 16 heavy (non-hydrogen) atoms. The summed E-state index contributed by atoms with van der Waals surface area (Å²) in [6.45, 7) is 4.04. The highest BCUT2D eigenvalue weighted by Gasteiger charge is 2.25. The Morgan fingerprint density at radius 1 is 1.50 bits per heavy atom. The van der Waals surface area contributed by atoms with Crippen molar-refractivity contribution in [2.75, 3.05) is 12.9 Å². The molecule has 0 radical (unpaired) electrons. The van der Waals surface area contributed by atoms with Crippen LogP contribution in [0.1, 0.15) is 19.4 Å². The maximum atomic E-state index is 9.49. The first kappa shape index (κ1) is 12.7. The summed E-state index contributed by atoms with van der Waals surface area (Å²) < 4.78 is 5.26. The number of hydrogen-bond donors (Lipinski definition) is 1. The van der Waals surface area contributed by atoms with Gasteiger partial charge in [-0.15, -0.1) is 0 Å². The quantitative estimate of drug-likeness (QED) is 0.818. The van der Waals surface area contributed by atoms with Gasteiger partial charge >= 0.3 is 0 Å². The molecule has 0 saturated carbocycles. The van der Waals surface area contributed by atoms with Crippen molar-refractivity contribution in [3.8, 4) is 16.9 Å². The van der Waals surface area contributed by atoms with Crippen LogP contribution < -0.4 is 4.74 Å². The Labute approximate surface area is 100 Å². The Kier molecular flexibility index (Phi) is 4.08. The minimum absolute atomic E-state index is 0.214. The van der Waals surface area contributed by atoms with Gasteiger partial charge in [-0.3, -0.25) is 0 Å². The summed E-state index contributed by atoms with van der Waals surface area (Å²) in [6, 6.07) is 5.02. The lowest BCUT2D eigenvalue weighted by Crippen LogP contribution is -2.21. The van der Waals surface area contributed by atoms with Gasteiger partial charge in [-0.2, -0.15) is 5.26 Å². The summed E-state index contributed by atoms with van der Waals surface area (Å²) in [5.41, 5.74) is 0.697. The van der Waals surface area contributed by atoms with E-state index in [2.05, 4.69) is 5.40 Å². The van der Waals surface area contributed by atoms with Crippen molar-refractivity contribution in [3.05, 3.63) is 23.8 Å². The van der Waals surface area contributed by atoms with Crippen LogP contribution in [0.5, 0.6) is 11.5 Å². The molecule has 0 heterocycles. The highest BCUT2D eigenvalue weighted by atomic mass is 32.2. The van der Waals surface area contributed by atoms with E-state index in [-0.39, 0.29) is 11.2 Å². The second kappa shape index (κ2) is 5.13. The smallest absolute Gasteiger partial charge is 0.133 e. The molecule has 0 atom stereocenters. The van der Waals surface area contributed by atoms with E-state index in [0.29, 0.717) is 5.75 Å². The number of ether oxygens (including phenoxy) is 1. The zero-order chi connectivity index (χ0) is 12.2. The van der Waals surface area contributed by atoms with Crippen molar-refractivity contribution in [1.82, 2.24) is 0 Å². The zero-order valence-electron chi connectivity index (χ0n) is 9.65. The normalized spacial score (nSPS) is 10.9. The Balaban J connectivity index is 3.09. The van der Waals surface area contributed by atoms with Crippen molar-refractivity contribution in [2.45, 2.75) is 19.3 Å². The number of rotatable bonds is 4. The SMILES string of the molecule is COc1ccc(O)cc1C(C)(C)CSC#N. The molecule has 0 aliphatic carbocycles. The van der Waals surface area contributed by atoms with Crippen LogP contribution in [0.4, 0.5) is 0 Å². The topological polar surface area (TPSA) is 53.2 Å². The average molecular weight is 237 g/mol. The number of methoxy groups -OCH3 is 1. The van der Waals surface area contributed by atoms with Crippen molar-refractivity contribution in [3.63, 3.8) is 0 Å². The standard InChI is InChI=1S/C12H15NO2S/c1-12(2,7-16-8-13)10-6-9(14)4-5-11(10)15-3/h4-6,14H,7H2,1-3H3. The van der Waals surface area contributed by atoms with Gasteiger partial charge in [0.2, 0.25) is 0 Å². The molecular weight excluding hydrogens is 222 g/mol. The molecule has 0 amide bonds. The first-order chi connectivity index (χ1) is 7.51. The average Bonchev–Trinajstić information content (AvgIpc) is 2.26. The molecule has 1 N–H and O–H groups in total. The molecular formula is C12H15NO2S. The van der Waals surface area contributed by atoms with E-state index < -0.39 is 0 Å². The molecule has 1 aromatic carbocycles. The fraction of sp³-hybridized carbons (Fsp3) is 0.417. The number of phenolic OH excluding ortho intramolecular Hbond substituents is 1. The molecule has 0 spiro atoms. The van der Waals surface area contributed by atoms with Gasteiger partial charge in [-0.05, 0) is 30.0 Å². The molecule has 86 valence electrons. The van der Waals surface area contributed by atoms with Gasteiger partial charge in [-0.25, -0.2) is 0 Å². The van der Waals surface area contributed by atoms with E-state index in [9.17, 15) is 5.11 Å². The zero-order valence-corrected chi connectivity index (χ0v) is 10.5. The molecule has 0 aliphatic heterocycles. The summed E-state index contributed by atoms with van der Waals surface area (Å²) in [5, 5.41) is 20.1. The molecule has 0 unspecified atom stereocenters. The van der Waals surface area contributed by atoms with Gasteiger partial charge in [-0.1, -0.05) is 13.8 Å². The number of hydrogen-bond acceptors (Lipinski definition) is 4. The molecule has 0 bridgehead atoms. The van der Waals surface area contributed by atoms with Crippen LogP contribution >= 0.6 is 11.8 Å². The predicted molar refractivity (Wildman–Crippen MR) is 65.8 cm³/mol. The third kappa shape index (κ3) is 2.83. The van der Waals surface area contributed by atoms with E-state index in [0.717, 1.165) is 11.3 Å². The van der Waals surface area contributed by atoms with Crippen LogP contribution in [0, 0.1) is 10.7 Å². The monoisotopic (exact) mass is 237 g/mol. The van der Waals surface area contributed by atoms with E-state index in [1.807, 2.05) is 13.8 Å². The molecule has 0 saturated heterocycles. The minimum Gasteiger partial charge on any atom is -0.508 e. The lowest BCUT2D eigenvalue weighted by Gasteiger charge is -2.25. The maximum absolute atomic E-state index is 9.49. The summed E-state index contributed by atoms with van der Waals surface area (Å²) in [7, 11) is 1.60. The molecule has 1 rings (SSSR count). The fourth-order valence-electron chi connectivity index (χ4n) is 1.52. The van der Waals surface area contributed by atoms with Crippen LogP contribution in [-0.4, -0.2) is 18.0 Å². The third-order valence-corrected chi connectivity index (χ3v) is 3.40. The lowest BCUT2D eigenvalue weighted by molar-refractivity contribution is 0.395. The van der Waals surface area contributed by atoms with Crippen LogP contribution in [-0.2, 0) is 5.41 Å². The van der Waals surface area contributed by atoms with Gasteiger partial charge in [0.25, 0.3) is 0 Å². The van der Waals surface area contributed by atoms with Crippen LogP contribution in [0.15, 0.2) is 18.2 Å². The number of aromatic hydroxyl groups is 1. The second-order valence-corrected chi connectivity index (χ2v) is 4.91. The van der Waals surface area contributed by atoms with Crippen LogP contribution in [0.2, 0.25) is 0 Å². The van der Waals surface area contributed by atoms with Crippen molar-refractivity contribution < 1.29 is 9.84 Å². The second-order valence-electron chi connectivity index (χ2n) is 4.15. The van der Waals surface area contributed by atoms with Gasteiger partial charge < -0.3 is 9.84 Å². The molecule has 0 fully saturated rings.